The topological polar surface area (TPSA) is 42.2 Å². The summed E-state index contributed by atoms with van der Waals surface area (Å²) >= 11 is 6.11. The Balaban J connectivity index is 2.05. The fourth-order valence-corrected chi connectivity index (χ4v) is 2.42. The number of hydrogen-bond donors (Lipinski definition) is 0. The van der Waals surface area contributed by atoms with Crippen molar-refractivity contribution in [1.82, 2.24) is 10.2 Å². The quantitative estimate of drug-likeness (QED) is 0.730. The Hall–Kier alpha value is -2.07. The van der Waals surface area contributed by atoms with Crippen LogP contribution in [0.15, 0.2) is 47.1 Å². The molecule has 1 aromatic carbocycles. The first-order chi connectivity index (χ1) is 9.79. The number of fused-ring (bicyclic) bond motifs is 1. The normalized spacial score (nSPS) is 10.9. The van der Waals surface area contributed by atoms with Crippen LogP contribution in [0, 0.1) is 0 Å². The molecule has 0 N–H and O–H groups in total. The third kappa shape index (κ3) is 2.34. The highest BCUT2D eigenvalue weighted by Gasteiger charge is 2.14. The summed E-state index contributed by atoms with van der Waals surface area (Å²) in [5, 5.41) is 10.7. The van der Waals surface area contributed by atoms with Crippen molar-refractivity contribution < 1.29 is 4.42 Å². The van der Waals surface area contributed by atoms with Gasteiger partial charge in [-0.1, -0.05) is 35.9 Å². The smallest absolute Gasteiger partial charge is 0.159 e. The van der Waals surface area contributed by atoms with E-state index in [4.69, 9.17) is 16.0 Å². The van der Waals surface area contributed by atoms with E-state index in [9.17, 15) is 0 Å². The standard InChI is InChI=1S/C15H14ClN3O/c1-2-19(10-11-6-5-9-20-11)15-13-8-4-3-7-12(13)14(16)17-18-15/h3-9H,2,10H2,1H3. The first kappa shape index (κ1) is 12.9. The van der Waals surface area contributed by atoms with E-state index in [1.54, 1.807) is 6.26 Å². The van der Waals surface area contributed by atoms with Gasteiger partial charge in [-0.25, -0.2) is 0 Å². The van der Waals surface area contributed by atoms with E-state index in [-0.39, 0.29) is 0 Å². The number of rotatable bonds is 4. The van der Waals surface area contributed by atoms with Crippen LogP contribution in [0.4, 0.5) is 5.82 Å². The van der Waals surface area contributed by atoms with Crippen LogP contribution < -0.4 is 4.90 Å². The summed E-state index contributed by atoms with van der Waals surface area (Å²) in [6, 6.07) is 11.7. The summed E-state index contributed by atoms with van der Waals surface area (Å²) in [6.07, 6.45) is 1.68. The zero-order chi connectivity index (χ0) is 13.9. The van der Waals surface area contributed by atoms with Crippen LogP contribution in [-0.2, 0) is 6.54 Å². The number of nitrogens with zero attached hydrogens (tertiary/aromatic N) is 3. The maximum Gasteiger partial charge on any atom is 0.159 e. The van der Waals surface area contributed by atoms with Crippen molar-refractivity contribution >= 4 is 28.2 Å². The Morgan fingerprint density at radius 2 is 1.90 bits per heavy atom. The van der Waals surface area contributed by atoms with E-state index in [1.165, 1.54) is 0 Å². The number of aromatic nitrogens is 2. The van der Waals surface area contributed by atoms with Crippen molar-refractivity contribution in [3.8, 4) is 0 Å². The highest BCUT2D eigenvalue weighted by Crippen LogP contribution is 2.28. The van der Waals surface area contributed by atoms with Crippen LogP contribution in [0.5, 0.6) is 0 Å². The summed E-state index contributed by atoms with van der Waals surface area (Å²) in [5.74, 6) is 1.72. The summed E-state index contributed by atoms with van der Waals surface area (Å²) in [7, 11) is 0. The molecule has 0 unspecified atom stereocenters. The first-order valence-electron chi connectivity index (χ1n) is 6.48. The lowest BCUT2D eigenvalue weighted by molar-refractivity contribution is 0.503. The lowest BCUT2D eigenvalue weighted by atomic mass is 10.2. The maximum absolute atomic E-state index is 6.11. The number of hydrogen-bond acceptors (Lipinski definition) is 4. The van der Waals surface area contributed by atoms with Gasteiger partial charge in [-0.05, 0) is 19.1 Å². The minimum Gasteiger partial charge on any atom is -0.467 e. The predicted octanol–water partition coefficient (Wildman–Crippen LogP) is 3.90. The molecule has 0 saturated carbocycles. The summed E-state index contributed by atoms with van der Waals surface area (Å²) in [5.41, 5.74) is 0. The van der Waals surface area contributed by atoms with Gasteiger partial charge in [0.05, 0.1) is 12.8 Å². The highest BCUT2D eigenvalue weighted by atomic mass is 35.5. The third-order valence-electron chi connectivity index (χ3n) is 3.23. The minimum absolute atomic E-state index is 0.429. The molecule has 2 heterocycles. The Kier molecular flexibility index (Phi) is 3.56. The average Bonchev–Trinajstić information content (AvgIpc) is 2.99. The Morgan fingerprint density at radius 3 is 2.60 bits per heavy atom. The summed E-state index contributed by atoms with van der Waals surface area (Å²) in [6.45, 7) is 3.54. The van der Waals surface area contributed by atoms with Crippen molar-refractivity contribution in [3.63, 3.8) is 0 Å². The SMILES string of the molecule is CCN(Cc1ccco1)c1nnc(Cl)c2ccccc12. The van der Waals surface area contributed by atoms with Crippen molar-refractivity contribution in [2.45, 2.75) is 13.5 Å². The van der Waals surface area contributed by atoms with Crippen molar-refractivity contribution in [2.24, 2.45) is 0 Å². The molecule has 0 aliphatic rings. The molecule has 0 bridgehead atoms. The molecule has 5 heteroatoms. The zero-order valence-electron chi connectivity index (χ0n) is 11.1. The van der Waals surface area contributed by atoms with Gasteiger partial charge in [0.15, 0.2) is 11.0 Å². The molecule has 0 fully saturated rings. The van der Waals surface area contributed by atoms with Gasteiger partial charge in [-0.3, -0.25) is 0 Å². The summed E-state index contributed by atoms with van der Waals surface area (Å²) in [4.78, 5) is 2.12. The Morgan fingerprint density at radius 1 is 1.10 bits per heavy atom. The molecule has 3 aromatic rings. The maximum atomic E-state index is 6.11. The van der Waals surface area contributed by atoms with Crippen LogP contribution in [0.2, 0.25) is 5.15 Å². The molecule has 0 radical (unpaired) electrons. The molecule has 2 aromatic heterocycles. The van der Waals surface area contributed by atoms with Crippen molar-refractivity contribution in [3.05, 3.63) is 53.6 Å². The van der Waals surface area contributed by atoms with Gasteiger partial charge < -0.3 is 9.32 Å². The number of anilines is 1. The van der Waals surface area contributed by atoms with Gasteiger partial charge in [0.1, 0.15) is 5.76 Å². The number of halogens is 1. The van der Waals surface area contributed by atoms with Gasteiger partial charge in [-0.2, -0.15) is 0 Å². The minimum atomic E-state index is 0.429. The number of furan rings is 1. The van der Waals surface area contributed by atoms with Crippen LogP contribution in [0.3, 0.4) is 0 Å². The second kappa shape index (κ2) is 5.51. The summed E-state index contributed by atoms with van der Waals surface area (Å²) < 4.78 is 5.41. The van der Waals surface area contributed by atoms with Crippen LogP contribution in [-0.4, -0.2) is 16.7 Å². The average molecular weight is 288 g/mol. The molecule has 0 aliphatic heterocycles. The van der Waals surface area contributed by atoms with E-state index in [1.807, 2.05) is 36.4 Å². The molecular formula is C15H14ClN3O. The molecule has 0 saturated heterocycles. The second-order valence-electron chi connectivity index (χ2n) is 4.45. The predicted molar refractivity (Wildman–Crippen MR) is 80.0 cm³/mol. The van der Waals surface area contributed by atoms with Gasteiger partial charge in [-0.15, -0.1) is 10.2 Å². The van der Waals surface area contributed by atoms with Crippen LogP contribution >= 0.6 is 11.6 Å². The van der Waals surface area contributed by atoms with E-state index in [0.717, 1.165) is 28.9 Å². The second-order valence-corrected chi connectivity index (χ2v) is 4.81. The molecule has 0 spiro atoms. The van der Waals surface area contributed by atoms with Crippen LogP contribution in [0.1, 0.15) is 12.7 Å². The molecule has 102 valence electrons. The number of benzene rings is 1. The molecular weight excluding hydrogens is 274 g/mol. The van der Waals surface area contributed by atoms with Gasteiger partial charge in [0.25, 0.3) is 0 Å². The molecule has 20 heavy (non-hydrogen) atoms. The molecule has 0 atom stereocenters. The fourth-order valence-electron chi connectivity index (χ4n) is 2.22. The highest BCUT2D eigenvalue weighted by molar-refractivity contribution is 6.34. The lowest BCUT2D eigenvalue weighted by Crippen LogP contribution is -2.23. The Labute approximate surface area is 122 Å². The molecule has 0 aliphatic carbocycles. The van der Waals surface area contributed by atoms with Crippen LogP contribution in [0.25, 0.3) is 10.8 Å². The van der Waals surface area contributed by atoms with E-state index < -0.39 is 0 Å². The van der Waals surface area contributed by atoms with Crippen molar-refractivity contribution in [2.75, 3.05) is 11.4 Å². The first-order valence-corrected chi connectivity index (χ1v) is 6.85. The van der Waals surface area contributed by atoms with E-state index in [0.29, 0.717) is 11.7 Å². The van der Waals surface area contributed by atoms with Gasteiger partial charge in [0.2, 0.25) is 0 Å². The monoisotopic (exact) mass is 287 g/mol. The van der Waals surface area contributed by atoms with Crippen molar-refractivity contribution in [1.29, 1.82) is 0 Å². The van der Waals surface area contributed by atoms with E-state index >= 15 is 0 Å². The zero-order valence-corrected chi connectivity index (χ0v) is 11.8. The molecule has 0 amide bonds. The largest absolute Gasteiger partial charge is 0.467 e. The van der Waals surface area contributed by atoms with Gasteiger partial charge >= 0.3 is 0 Å². The molecule has 3 rings (SSSR count). The molecule has 4 nitrogen and oxygen atoms in total. The van der Waals surface area contributed by atoms with E-state index in [2.05, 4.69) is 22.0 Å². The Bertz CT molecular complexity index is 712. The van der Waals surface area contributed by atoms with Gasteiger partial charge in [0, 0.05) is 17.3 Å². The fraction of sp³-hybridized carbons (Fsp3) is 0.200. The third-order valence-corrected chi connectivity index (χ3v) is 3.51. The lowest BCUT2D eigenvalue weighted by Gasteiger charge is -2.21.